The summed E-state index contributed by atoms with van der Waals surface area (Å²) in [6.45, 7) is 0. The van der Waals surface area contributed by atoms with Gasteiger partial charge in [0.05, 0.1) is 11.1 Å². The van der Waals surface area contributed by atoms with E-state index >= 15 is 0 Å². The van der Waals surface area contributed by atoms with E-state index in [9.17, 15) is 9.59 Å². The third-order valence-corrected chi connectivity index (χ3v) is 1.39. The molecule has 0 fully saturated rings. The molecule has 0 unspecified atom stereocenters. The summed E-state index contributed by atoms with van der Waals surface area (Å²) in [5.41, 5.74) is -0.380. The van der Waals surface area contributed by atoms with E-state index in [0.29, 0.717) is 0 Å². The van der Waals surface area contributed by atoms with Crippen LogP contribution in [-0.2, 0) is 25.8 Å². The number of carboxylic acid groups (broad SMARTS) is 2. The molecule has 0 amide bonds. The van der Waals surface area contributed by atoms with Crippen LogP contribution in [0.5, 0.6) is 0 Å². The monoisotopic (exact) mass is 211 g/mol. The number of hydrogen-bond donors (Lipinski definition) is 2. The molecule has 1 radical (unpaired) electrons. The van der Waals surface area contributed by atoms with Gasteiger partial charge >= 0.3 is 11.9 Å². The number of rotatable bonds is 2. The van der Waals surface area contributed by atoms with Crippen molar-refractivity contribution in [1.82, 2.24) is 0 Å². The van der Waals surface area contributed by atoms with Gasteiger partial charge in [-0.2, -0.15) is 0 Å². The van der Waals surface area contributed by atoms with Gasteiger partial charge in [0.15, 0.2) is 0 Å². The Labute approximate surface area is 93.0 Å². The predicted molar refractivity (Wildman–Crippen MR) is 40.4 cm³/mol. The Hall–Kier alpha value is -0.970. The average molecular weight is 211 g/mol. The van der Waals surface area contributed by atoms with Crippen molar-refractivity contribution in [1.29, 1.82) is 0 Å². The quantitative estimate of drug-likeness (QED) is 0.767. The molecule has 0 bridgehead atoms. The second-order valence-electron chi connectivity index (χ2n) is 2.16. The summed E-state index contributed by atoms with van der Waals surface area (Å²) in [6, 6.07) is 5.48. The normalized spacial score (nSPS) is 8.62. The molecule has 0 saturated heterocycles. The summed E-state index contributed by atoms with van der Waals surface area (Å²) >= 11 is 0. The molecule has 13 heavy (non-hydrogen) atoms. The summed E-state index contributed by atoms with van der Waals surface area (Å²) in [6.07, 6.45) is 0. The first-order valence-corrected chi connectivity index (χ1v) is 3.18. The van der Waals surface area contributed by atoms with Gasteiger partial charge in [-0.25, -0.2) is 9.59 Å². The zero-order chi connectivity index (χ0) is 9.14. The van der Waals surface area contributed by atoms with Gasteiger partial charge in [0.25, 0.3) is 0 Å². The third kappa shape index (κ3) is 2.77. The Balaban J connectivity index is 0.00000144. The van der Waals surface area contributed by atoms with E-state index in [1.54, 1.807) is 0 Å². The Kier molecular flexibility index (Phi) is 4.55. The van der Waals surface area contributed by atoms with Gasteiger partial charge < -0.3 is 10.2 Å². The van der Waals surface area contributed by atoms with Gasteiger partial charge in [0, 0.05) is 25.8 Å². The zero-order valence-electron chi connectivity index (χ0n) is 6.60. The van der Waals surface area contributed by atoms with Gasteiger partial charge in [-0.1, -0.05) is 12.1 Å². The third-order valence-electron chi connectivity index (χ3n) is 1.39. The molecule has 0 aliphatic rings. The predicted octanol–water partition coefficient (Wildman–Crippen LogP) is 1.08. The van der Waals surface area contributed by atoms with Crippen LogP contribution in [0.15, 0.2) is 24.3 Å². The average Bonchev–Trinajstić information content (AvgIpc) is 2.04. The summed E-state index contributed by atoms with van der Waals surface area (Å²) in [5.74, 6) is -2.46. The van der Waals surface area contributed by atoms with Crippen LogP contribution in [-0.4, -0.2) is 22.2 Å². The molecule has 0 aliphatic carbocycles. The number of hydrogen-bond acceptors (Lipinski definition) is 2. The minimum Gasteiger partial charge on any atom is -0.478 e. The SMILES string of the molecule is O=C(O)c1ccccc1C(=O)O.[Sc]. The molecule has 5 heteroatoms. The van der Waals surface area contributed by atoms with E-state index in [0.717, 1.165) is 0 Å². The van der Waals surface area contributed by atoms with E-state index in [4.69, 9.17) is 10.2 Å². The molecule has 0 aliphatic heterocycles. The molecule has 0 spiro atoms. The van der Waals surface area contributed by atoms with Crippen molar-refractivity contribution in [3.63, 3.8) is 0 Å². The molecule has 1 rings (SSSR count). The Bertz CT molecular complexity index is 302. The van der Waals surface area contributed by atoms with E-state index in [-0.39, 0.29) is 37.0 Å². The van der Waals surface area contributed by atoms with E-state index in [1.807, 2.05) is 0 Å². The van der Waals surface area contributed by atoms with Crippen molar-refractivity contribution in [2.45, 2.75) is 0 Å². The minimum absolute atomic E-state index is 0. The maximum atomic E-state index is 10.5. The van der Waals surface area contributed by atoms with Crippen LogP contribution in [0.4, 0.5) is 0 Å². The van der Waals surface area contributed by atoms with Crippen LogP contribution in [0, 0.1) is 0 Å². The van der Waals surface area contributed by atoms with Crippen LogP contribution < -0.4 is 0 Å². The van der Waals surface area contributed by atoms with Gasteiger partial charge in [0.1, 0.15) is 0 Å². The summed E-state index contributed by atoms with van der Waals surface area (Å²) < 4.78 is 0. The van der Waals surface area contributed by atoms with Crippen molar-refractivity contribution in [2.75, 3.05) is 0 Å². The Morgan fingerprint density at radius 3 is 1.46 bits per heavy atom. The smallest absolute Gasteiger partial charge is 0.336 e. The second kappa shape index (κ2) is 4.91. The molecule has 0 aromatic heterocycles. The fraction of sp³-hybridized carbons (Fsp3) is 0. The van der Waals surface area contributed by atoms with Gasteiger partial charge in [0.2, 0.25) is 0 Å². The molecule has 65 valence electrons. The van der Waals surface area contributed by atoms with Gasteiger partial charge in [-0.05, 0) is 12.1 Å². The molecular formula is C8H6O4Sc. The maximum absolute atomic E-state index is 10.5. The molecule has 0 heterocycles. The standard InChI is InChI=1S/C8H6O4.Sc/c9-7(10)5-3-1-2-4-6(5)8(11)12;/h1-4H,(H,9,10)(H,11,12);. The molecule has 0 atom stereocenters. The number of aromatic carboxylic acids is 2. The molecule has 0 saturated carbocycles. The molecule has 2 N–H and O–H groups in total. The Morgan fingerprint density at radius 2 is 1.23 bits per heavy atom. The molecule has 1 aromatic rings. The van der Waals surface area contributed by atoms with Crippen LogP contribution in [0.3, 0.4) is 0 Å². The summed E-state index contributed by atoms with van der Waals surface area (Å²) in [4.78, 5) is 20.9. The second-order valence-corrected chi connectivity index (χ2v) is 2.16. The fourth-order valence-electron chi connectivity index (χ4n) is 0.856. The van der Waals surface area contributed by atoms with Gasteiger partial charge in [-0.15, -0.1) is 0 Å². The van der Waals surface area contributed by atoms with E-state index in [2.05, 4.69) is 0 Å². The van der Waals surface area contributed by atoms with Crippen LogP contribution in [0.25, 0.3) is 0 Å². The molecule has 4 nitrogen and oxygen atoms in total. The minimum atomic E-state index is -1.23. The first-order valence-electron chi connectivity index (χ1n) is 3.18. The fourth-order valence-corrected chi connectivity index (χ4v) is 0.856. The van der Waals surface area contributed by atoms with Crippen LogP contribution in [0.1, 0.15) is 20.7 Å². The molecular weight excluding hydrogens is 205 g/mol. The van der Waals surface area contributed by atoms with Gasteiger partial charge in [-0.3, -0.25) is 0 Å². The number of carbonyl (C=O) groups is 2. The first kappa shape index (κ1) is 12.0. The summed E-state index contributed by atoms with van der Waals surface area (Å²) in [5, 5.41) is 17.1. The van der Waals surface area contributed by atoms with E-state index in [1.165, 1.54) is 24.3 Å². The number of carboxylic acids is 2. The summed E-state index contributed by atoms with van der Waals surface area (Å²) in [7, 11) is 0. The van der Waals surface area contributed by atoms with Crippen molar-refractivity contribution in [2.24, 2.45) is 0 Å². The zero-order valence-corrected chi connectivity index (χ0v) is 8.40. The molecule has 1 aromatic carbocycles. The van der Waals surface area contributed by atoms with Crippen LogP contribution in [0.2, 0.25) is 0 Å². The van der Waals surface area contributed by atoms with Crippen molar-refractivity contribution < 1.29 is 45.6 Å². The van der Waals surface area contributed by atoms with Crippen LogP contribution >= 0.6 is 0 Å². The van der Waals surface area contributed by atoms with Crippen molar-refractivity contribution in [3.8, 4) is 0 Å². The first-order chi connectivity index (χ1) is 5.63. The largest absolute Gasteiger partial charge is 0.478 e. The Morgan fingerprint density at radius 1 is 0.923 bits per heavy atom. The topological polar surface area (TPSA) is 74.6 Å². The van der Waals surface area contributed by atoms with Crippen molar-refractivity contribution >= 4 is 11.9 Å². The van der Waals surface area contributed by atoms with E-state index < -0.39 is 11.9 Å². The number of benzene rings is 1. The maximum Gasteiger partial charge on any atom is 0.336 e. The van der Waals surface area contributed by atoms with Crippen molar-refractivity contribution in [3.05, 3.63) is 35.4 Å².